The summed E-state index contributed by atoms with van der Waals surface area (Å²) in [6.45, 7) is 2.17. The van der Waals surface area contributed by atoms with Gasteiger partial charge in [0, 0.05) is 6.07 Å². The van der Waals surface area contributed by atoms with Crippen LogP contribution in [0.5, 0.6) is 5.75 Å². The highest BCUT2D eigenvalue weighted by molar-refractivity contribution is 5.32. The van der Waals surface area contributed by atoms with Crippen molar-refractivity contribution in [1.82, 2.24) is 4.90 Å². The van der Waals surface area contributed by atoms with E-state index in [0.717, 1.165) is 31.5 Å². The van der Waals surface area contributed by atoms with E-state index in [2.05, 4.69) is 11.9 Å². The maximum atomic E-state index is 13.4. The van der Waals surface area contributed by atoms with Crippen molar-refractivity contribution in [3.8, 4) is 5.75 Å². The maximum Gasteiger partial charge on any atom is 0.127 e. The van der Waals surface area contributed by atoms with Gasteiger partial charge in [0.05, 0.1) is 7.11 Å². The van der Waals surface area contributed by atoms with Crippen molar-refractivity contribution in [2.24, 2.45) is 0 Å². The van der Waals surface area contributed by atoms with E-state index in [9.17, 15) is 4.39 Å². The summed E-state index contributed by atoms with van der Waals surface area (Å²) in [6, 6.07) is 5.02. The van der Waals surface area contributed by atoms with Crippen LogP contribution in [0, 0.1) is 5.82 Å². The van der Waals surface area contributed by atoms with Gasteiger partial charge in [-0.15, -0.1) is 0 Å². The fourth-order valence-electron chi connectivity index (χ4n) is 2.28. The Balaban J connectivity index is 2.16. The summed E-state index contributed by atoms with van der Waals surface area (Å²) in [4.78, 5) is 2.31. The summed E-state index contributed by atoms with van der Waals surface area (Å²) in [7, 11) is 3.70. The number of piperidine rings is 1. The molecule has 3 heteroatoms. The Morgan fingerprint density at radius 3 is 2.56 bits per heavy atom. The van der Waals surface area contributed by atoms with Crippen molar-refractivity contribution in [1.29, 1.82) is 0 Å². The Morgan fingerprint density at radius 2 is 1.94 bits per heavy atom. The zero-order valence-electron chi connectivity index (χ0n) is 9.87. The highest BCUT2D eigenvalue weighted by Gasteiger charge is 2.19. The molecule has 0 amide bonds. The molecule has 88 valence electrons. The van der Waals surface area contributed by atoms with Crippen molar-refractivity contribution in [3.05, 3.63) is 29.6 Å². The zero-order chi connectivity index (χ0) is 11.5. The van der Waals surface area contributed by atoms with Crippen LogP contribution in [-0.2, 0) is 0 Å². The molecule has 0 N–H and O–H groups in total. The molecule has 0 saturated carbocycles. The largest absolute Gasteiger partial charge is 0.497 e. The molecule has 0 aliphatic carbocycles. The van der Waals surface area contributed by atoms with Gasteiger partial charge in [-0.1, -0.05) is 0 Å². The summed E-state index contributed by atoms with van der Waals surface area (Å²) in [5.41, 5.74) is 1.07. The van der Waals surface area contributed by atoms with Crippen LogP contribution < -0.4 is 4.74 Å². The topological polar surface area (TPSA) is 12.5 Å². The zero-order valence-corrected chi connectivity index (χ0v) is 9.87. The van der Waals surface area contributed by atoms with E-state index in [-0.39, 0.29) is 5.82 Å². The highest BCUT2D eigenvalue weighted by atomic mass is 19.1. The number of rotatable bonds is 2. The van der Waals surface area contributed by atoms with Gasteiger partial charge < -0.3 is 9.64 Å². The van der Waals surface area contributed by atoms with Crippen LogP contribution in [0.4, 0.5) is 4.39 Å². The second-order valence-electron chi connectivity index (χ2n) is 4.50. The standard InChI is InChI=1S/C13H18FNO/c1-15-5-3-10(4-6-15)11-7-12(14)9-13(8-11)16-2/h7-10H,3-6H2,1-2H3. The smallest absolute Gasteiger partial charge is 0.127 e. The Labute approximate surface area is 96.0 Å². The molecule has 1 saturated heterocycles. The van der Waals surface area contributed by atoms with Crippen LogP contribution >= 0.6 is 0 Å². The molecule has 16 heavy (non-hydrogen) atoms. The first-order chi connectivity index (χ1) is 7.69. The first-order valence-electron chi connectivity index (χ1n) is 5.72. The van der Waals surface area contributed by atoms with Crippen molar-refractivity contribution < 1.29 is 9.13 Å². The van der Waals surface area contributed by atoms with Crippen LogP contribution in [-0.4, -0.2) is 32.1 Å². The quantitative estimate of drug-likeness (QED) is 0.764. The fourth-order valence-corrected chi connectivity index (χ4v) is 2.28. The lowest BCUT2D eigenvalue weighted by atomic mass is 9.89. The van der Waals surface area contributed by atoms with Crippen molar-refractivity contribution in [3.63, 3.8) is 0 Å². The Hall–Kier alpha value is -1.09. The Kier molecular flexibility index (Phi) is 3.44. The summed E-state index contributed by atoms with van der Waals surface area (Å²) >= 11 is 0. The number of likely N-dealkylation sites (tertiary alicyclic amines) is 1. The molecular formula is C13H18FNO. The minimum atomic E-state index is -0.201. The average molecular weight is 223 g/mol. The monoisotopic (exact) mass is 223 g/mol. The normalized spacial score (nSPS) is 18.7. The molecule has 0 spiro atoms. The molecule has 1 aliphatic heterocycles. The molecule has 1 fully saturated rings. The van der Waals surface area contributed by atoms with Gasteiger partial charge in [-0.2, -0.15) is 0 Å². The van der Waals surface area contributed by atoms with Gasteiger partial charge in [0.15, 0.2) is 0 Å². The van der Waals surface area contributed by atoms with Crippen molar-refractivity contribution in [2.45, 2.75) is 18.8 Å². The minimum absolute atomic E-state index is 0.201. The number of ether oxygens (including phenoxy) is 1. The predicted molar refractivity (Wildman–Crippen MR) is 62.4 cm³/mol. The molecule has 2 nitrogen and oxygen atoms in total. The predicted octanol–water partition coefficient (Wildman–Crippen LogP) is 2.64. The van der Waals surface area contributed by atoms with Gasteiger partial charge in [-0.05, 0) is 56.6 Å². The van der Waals surface area contributed by atoms with E-state index in [0.29, 0.717) is 11.7 Å². The van der Waals surface area contributed by atoms with Crippen LogP contribution in [0.1, 0.15) is 24.3 Å². The summed E-state index contributed by atoms with van der Waals surface area (Å²) in [5.74, 6) is 0.892. The SMILES string of the molecule is COc1cc(F)cc(C2CCN(C)CC2)c1. The number of methoxy groups -OCH3 is 1. The fraction of sp³-hybridized carbons (Fsp3) is 0.538. The van der Waals surface area contributed by atoms with Crippen molar-refractivity contribution in [2.75, 3.05) is 27.2 Å². The molecule has 1 heterocycles. The second kappa shape index (κ2) is 4.83. The van der Waals surface area contributed by atoms with E-state index < -0.39 is 0 Å². The van der Waals surface area contributed by atoms with Crippen LogP contribution in [0.15, 0.2) is 18.2 Å². The third-order valence-corrected chi connectivity index (χ3v) is 3.32. The van der Waals surface area contributed by atoms with Gasteiger partial charge in [0.25, 0.3) is 0 Å². The Morgan fingerprint density at radius 1 is 1.25 bits per heavy atom. The molecule has 1 aromatic rings. The first kappa shape index (κ1) is 11.4. The summed E-state index contributed by atoms with van der Waals surface area (Å²) < 4.78 is 18.5. The third kappa shape index (κ3) is 2.53. The molecule has 0 unspecified atom stereocenters. The molecule has 2 rings (SSSR count). The molecule has 0 aromatic heterocycles. The van der Waals surface area contributed by atoms with Gasteiger partial charge in [-0.25, -0.2) is 4.39 Å². The number of hydrogen-bond acceptors (Lipinski definition) is 2. The van der Waals surface area contributed by atoms with Crippen LogP contribution in [0.25, 0.3) is 0 Å². The van der Waals surface area contributed by atoms with Gasteiger partial charge in [0.1, 0.15) is 11.6 Å². The average Bonchev–Trinajstić information content (AvgIpc) is 2.29. The van der Waals surface area contributed by atoms with E-state index in [1.165, 1.54) is 6.07 Å². The molecule has 0 bridgehead atoms. The van der Waals surface area contributed by atoms with Gasteiger partial charge in [0.2, 0.25) is 0 Å². The number of nitrogens with zero attached hydrogens (tertiary/aromatic N) is 1. The number of benzene rings is 1. The second-order valence-corrected chi connectivity index (χ2v) is 4.50. The van der Waals surface area contributed by atoms with Crippen LogP contribution in [0.2, 0.25) is 0 Å². The molecular weight excluding hydrogens is 205 g/mol. The summed E-state index contributed by atoms with van der Waals surface area (Å²) in [6.07, 6.45) is 2.20. The van der Waals surface area contributed by atoms with Gasteiger partial charge in [-0.3, -0.25) is 0 Å². The minimum Gasteiger partial charge on any atom is -0.497 e. The number of halogens is 1. The maximum absolute atomic E-state index is 13.4. The van der Waals surface area contributed by atoms with E-state index >= 15 is 0 Å². The van der Waals surface area contributed by atoms with Gasteiger partial charge >= 0.3 is 0 Å². The van der Waals surface area contributed by atoms with E-state index in [1.807, 2.05) is 6.07 Å². The lowest BCUT2D eigenvalue weighted by Gasteiger charge is -2.29. The van der Waals surface area contributed by atoms with Crippen molar-refractivity contribution >= 4 is 0 Å². The third-order valence-electron chi connectivity index (χ3n) is 3.32. The summed E-state index contributed by atoms with van der Waals surface area (Å²) in [5, 5.41) is 0. The van der Waals surface area contributed by atoms with E-state index in [1.54, 1.807) is 13.2 Å². The Bertz CT molecular complexity index is 359. The molecule has 1 aromatic carbocycles. The first-order valence-corrected chi connectivity index (χ1v) is 5.72. The van der Waals surface area contributed by atoms with E-state index in [4.69, 9.17) is 4.74 Å². The lowest BCUT2D eigenvalue weighted by molar-refractivity contribution is 0.255. The number of hydrogen-bond donors (Lipinski definition) is 0. The lowest BCUT2D eigenvalue weighted by Crippen LogP contribution is -2.29. The molecule has 1 aliphatic rings. The highest BCUT2D eigenvalue weighted by Crippen LogP contribution is 2.30. The molecule has 0 radical (unpaired) electrons. The van der Waals surface area contributed by atoms with Crippen LogP contribution in [0.3, 0.4) is 0 Å². The molecule has 0 atom stereocenters.